The fourth-order valence-electron chi connectivity index (χ4n) is 4.08. The molecule has 0 unspecified atom stereocenters. The summed E-state index contributed by atoms with van der Waals surface area (Å²) in [5, 5.41) is 21.0. The smallest absolute Gasteiger partial charge is 0.306 e. The number of fused-ring (bicyclic) bond motifs is 1. The predicted molar refractivity (Wildman–Crippen MR) is 141 cm³/mol. The first-order chi connectivity index (χ1) is 17.7. The topological polar surface area (TPSA) is 106 Å². The maximum atomic E-state index is 13.4. The first kappa shape index (κ1) is 25.9. The number of carbonyl (C=O) groups is 1. The number of rotatable bonds is 8. The van der Waals surface area contributed by atoms with Crippen molar-refractivity contribution in [1.29, 1.82) is 0 Å². The van der Waals surface area contributed by atoms with Gasteiger partial charge in [-0.25, -0.2) is 0 Å². The molecule has 0 saturated carbocycles. The second kappa shape index (κ2) is 10.8. The van der Waals surface area contributed by atoms with Crippen LogP contribution in [0.25, 0.3) is 22.1 Å². The fourth-order valence-corrected chi connectivity index (χ4v) is 4.32. The number of benzene rings is 3. The largest absolute Gasteiger partial charge is 0.508 e. The van der Waals surface area contributed by atoms with Crippen LogP contribution in [0, 0.1) is 0 Å². The molecule has 0 aliphatic heterocycles. The molecule has 0 amide bonds. The van der Waals surface area contributed by atoms with E-state index in [1.165, 1.54) is 37.6 Å². The van der Waals surface area contributed by atoms with Crippen LogP contribution >= 0.6 is 11.6 Å². The minimum Gasteiger partial charge on any atom is -0.508 e. The zero-order valence-corrected chi connectivity index (χ0v) is 21.0. The lowest BCUT2D eigenvalue weighted by atomic mass is 9.86. The van der Waals surface area contributed by atoms with Crippen LogP contribution in [-0.4, -0.2) is 29.9 Å². The van der Waals surface area contributed by atoms with E-state index in [2.05, 4.69) is 6.58 Å². The first-order valence-electron chi connectivity index (χ1n) is 11.4. The van der Waals surface area contributed by atoms with Gasteiger partial charge in [-0.3, -0.25) is 9.59 Å². The molecule has 7 nitrogen and oxygen atoms in total. The Morgan fingerprint density at radius 1 is 1.11 bits per heavy atom. The van der Waals surface area contributed by atoms with Crippen LogP contribution in [0.5, 0.6) is 17.2 Å². The average molecular weight is 521 g/mol. The summed E-state index contributed by atoms with van der Waals surface area (Å²) in [6.45, 7) is 5.94. The number of aromatic hydroxyl groups is 2. The Morgan fingerprint density at radius 2 is 1.84 bits per heavy atom. The van der Waals surface area contributed by atoms with Crippen molar-refractivity contribution in [3.05, 3.63) is 99.4 Å². The van der Waals surface area contributed by atoms with Gasteiger partial charge >= 0.3 is 5.97 Å². The Bertz CT molecular complexity index is 1540. The normalized spacial score (nSPS) is 11.8. The van der Waals surface area contributed by atoms with Crippen molar-refractivity contribution in [2.24, 2.45) is 0 Å². The lowest BCUT2D eigenvalue weighted by molar-refractivity contribution is -0.140. The molecule has 2 N–H and O–H groups in total. The van der Waals surface area contributed by atoms with E-state index in [4.69, 9.17) is 25.5 Å². The summed E-state index contributed by atoms with van der Waals surface area (Å²) in [6, 6.07) is 14.1. The highest BCUT2D eigenvalue weighted by molar-refractivity contribution is 6.32. The quantitative estimate of drug-likeness (QED) is 0.211. The molecule has 190 valence electrons. The molecule has 0 aliphatic rings. The summed E-state index contributed by atoms with van der Waals surface area (Å²) >= 11 is 6.47. The Morgan fingerprint density at radius 3 is 2.49 bits per heavy atom. The number of phenols is 2. The molecule has 0 aliphatic carbocycles. The van der Waals surface area contributed by atoms with E-state index < -0.39 is 11.9 Å². The molecular formula is C29H25ClO7. The van der Waals surface area contributed by atoms with Gasteiger partial charge in [0.1, 0.15) is 35.7 Å². The molecule has 8 heteroatoms. The number of phenolic OH excluding ortho intramolecular Hbond substituents is 2. The molecule has 0 bridgehead atoms. The van der Waals surface area contributed by atoms with Crippen LogP contribution in [0.4, 0.5) is 0 Å². The van der Waals surface area contributed by atoms with Crippen molar-refractivity contribution in [2.75, 3.05) is 13.7 Å². The van der Waals surface area contributed by atoms with Gasteiger partial charge in [0.15, 0.2) is 0 Å². The number of hydrogen-bond donors (Lipinski definition) is 2. The van der Waals surface area contributed by atoms with Gasteiger partial charge in [-0.05, 0) is 60.0 Å². The maximum absolute atomic E-state index is 13.4. The minimum absolute atomic E-state index is 0.0708. The zero-order valence-electron chi connectivity index (χ0n) is 20.3. The monoisotopic (exact) mass is 520 g/mol. The van der Waals surface area contributed by atoms with Crippen molar-refractivity contribution >= 4 is 28.5 Å². The highest BCUT2D eigenvalue weighted by atomic mass is 35.5. The molecule has 1 heterocycles. The second-order valence-electron chi connectivity index (χ2n) is 8.67. The van der Waals surface area contributed by atoms with Crippen molar-refractivity contribution in [3.8, 4) is 28.4 Å². The lowest BCUT2D eigenvalue weighted by Crippen LogP contribution is -2.13. The van der Waals surface area contributed by atoms with Gasteiger partial charge in [-0.2, -0.15) is 0 Å². The van der Waals surface area contributed by atoms with E-state index in [0.29, 0.717) is 28.5 Å². The van der Waals surface area contributed by atoms with Crippen LogP contribution in [0.1, 0.15) is 30.4 Å². The molecule has 1 atom stereocenters. The highest BCUT2D eigenvalue weighted by Gasteiger charge is 2.27. The summed E-state index contributed by atoms with van der Waals surface area (Å²) in [4.78, 5) is 25.8. The van der Waals surface area contributed by atoms with Gasteiger partial charge < -0.3 is 24.1 Å². The van der Waals surface area contributed by atoms with Gasteiger partial charge in [0.2, 0.25) is 5.43 Å². The summed E-state index contributed by atoms with van der Waals surface area (Å²) in [7, 11) is 1.27. The average Bonchev–Trinajstić information content (AvgIpc) is 2.87. The Balaban J connectivity index is 1.87. The van der Waals surface area contributed by atoms with Crippen LogP contribution in [0.2, 0.25) is 5.02 Å². The molecule has 4 aromatic rings. The van der Waals surface area contributed by atoms with Crippen molar-refractivity contribution in [1.82, 2.24) is 0 Å². The number of methoxy groups -OCH3 is 1. The maximum Gasteiger partial charge on any atom is 0.306 e. The number of esters is 1. The third-order valence-corrected chi connectivity index (χ3v) is 6.21. The lowest BCUT2D eigenvalue weighted by Gasteiger charge is -2.20. The third kappa shape index (κ3) is 5.47. The summed E-state index contributed by atoms with van der Waals surface area (Å²) in [5.74, 6) is -0.908. The van der Waals surface area contributed by atoms with E-state index in [-0.39, 0.29) is 45.4 Å². The number of carbonyl (C=O) groups excluding carboxylic acids is 1. The summed E-state index contributed by atoms with van der Waals surface area (Å²) in [6.07, 6.45) is 1.16. The van der Waals surface area contributed by atoms with Crippen LogP contribution in [0.3, 0.4) is 0 Å². The van der Waals surface area contributed by atoms with Crippen LogP contribution in [-0.2, 0) is 9.53 Å². The second-order valence-corrected chi connectivity index (χ2v) is 9.08. The molecule has 4 rings (SSSR count). The number of halogens is 1. The van der Waals surface area contributed by atoms with Gasteiger partial charge in [0, 0.05) is 11.5 Å². The number of hydrogen-bond acceptors (Lipinski definition) is 7. The molecule has 0 saturated heterocycles. The van der Waals surface area contributed by atoms with Gasteiger partial charge in [0.05, 0.1) is 29.5 Å². The van der Waals surface area contributed by atoms with Gasteiger partial charge in [-0.15, -0.1) is 0 Å². The van der Waals surface area contributed by atoms with Crippen molar-refractivity contribution in [2.45, 2.75) is 19.3 Å². The molecule has 37 heavy (non-hydrogen) atoms. The Hall–Kier alpha value is -4.23. The zero-order chi connectivity index (χ0) is 26.7. The van der Waals surface area contributed by atoms with E-state index >= 15 is 0 Å². The Kier molecular flexibility index (Phi) is 7.55. The molecule has 1 aromatic heterocycles. The van der Waals surface area contributed by atoms with E-state index in [1.54, 1.807) is 30.3 Å². The number of ether oxygens (including phenoxy) is 2. The van der Waals surface area contributed by atoms with E-state index in [1.807, 2.05) is 6.92 Å². The molecule has 0 radical (unpaired) electrons. The molecule has 0 spiro atoms. The van der Waals surface area contributed by atoms with Crippen LogP contribution in [0.15, 0.2) is 82.2 Å². The minimum atomic E-state index is -0.744. The molecule has 3 aromatic carbocycles. The van der Waals surface area contributed by atoms with Crippen molar-refractivity contribution < 1.29 is 28.9 Å². The van der Waals surface area contributed by atoms with Crippen molar-refractivity contribution in [3.63, 3.8) is 0 Å². The molecular weight excluding hydrogens is 496 g/mol. The highest BCUT2D eigenvalue weighted by Crippen LogP contribution is 2.41. The fraction of sp³-hybridized carbons (Fsp3) is 0.172. The first-order valence-corrected chi connectivity index (χ1v) is 11.8. The van der Waals surface area contributed by atoms with E-state index in [0.717, 1.165) is 5.57 Å². The van der Waals surface area contributed by atoms with Gasteiger partial charge in [0.25, 0.3) is 0 Å². The standard InChI is InChI=1S/C29H25ClO7/c1-16(2)14-36-25-11-6-18(12-23(25)30)21(13-26(33)35-3)27-24(32)10-9-20-28(34)22(15-37-29(20)27)17-4-7-19(31)8-5-17/h4-12,15,21,31-32H,1,13-14H2,2-3H3/t21-/m1/s1. The Labute approximate surface area is 218 Å². The summed E-state index contributed by atoms with van der Waals surface area (Å²) in [5.41, 5.74) is 2.33. The SMILES string of the molecule is C=C(C)COc1ccc([C@@H](CC(=O)OC)c2c(O)ccc3c(=O)c(-c4ccc(O)cc4)coc23)cc1Cl. The molecule has 0 fully saturated rings. The van der Waals surface area contributed by atoms with Gasteiger partial charge in [-0.1, -0.05) is 36.4 Å². The van der Waals surface area contributed by atoms with E-state index in [9.17, 15) is 19.8 Å². The van der Waals surface area contributed by atoms with Crippen LogP contribution < -0.4 is 10.2 Å². The third-order valence-electron chi connectivity index (χ3n) is 5.91. The summed E-state index contributed by atoms with van der Waals surface area (Å²) < 4.78 is 16.5. The predicted octanol–water partition coefficient (Wildman–Crippen LogP) is 6.17.